The first-order valence-corrected chi connectivity index (χ1v) is 33.7. The summed E-state index contributed by atoms with van der Waals surface area (Å²) in [7, 11) is 3.36. The fourth-order valence-corrected chi connectivity index (χ4v) is 4.10. The Balaban J connectivity index is -0.0000000327. The third-order valence-corrected chi connectivity index (χ3v) is 7.68. The molecule has 0 bridgehead atoms. The Bertz CT molecular complexity index is 581. The summed E-state index contributed by atoms with van der Waals surface area (Å²) in [5.74, 6) is 0.873. The molecule has 0 radical (unpaired) electrons. The summed E-state index contributed by atoms with van der Waals surface area (Å²) in [4.78, 5) is 0. The van der Waals surface area contributed by atoms with Gasteiger partial charge in [0.2, 0.25) is 0 Å². The number of allylic oxidation sites excluding steroid dienone is 2. The van der Waals surface area contributed by atoms with Crippen molar-refractivity contribution in [3.8, 4) is 0 Å². The molecule has 0 aromatic rings. The Kier molecular flexibility index (Phi) is 369. The van der Waals surface area contributed by atoms with Gasteiger partial charge < -0.3 is 29.4 Å². The molecule has 0 rings (SSSR count). The van der Waals surface area contributed by atoms with Crippen LogP contribution in [0.4, 0.5) is 0 Å². The number of rotatable bonds is 31. The molecule has 6 heteroatoms. The van der Waals surface area contributed by atoms with Crippen LogP contribution in [0.15, 0.2) is 25.0 Å². The van der Waals surface area contributed by atoms with Crippen LogP contribution < -0.4 is 5.32 Å². The summed E-state index contributed by atoms with van der Waals surface area (Å²) in [6.07, 6.45) is 38.1. The van der Waals surface area contributed by atoms with E-state index in [1.807, 2.05) is 83.2 Å². The summed E-state index contributed by atoms with van der Waals surface area (Å²) in [5.41, 5.74) is 0. The van der Waals surface area contributed by atoms with Crippen LogP contribution in [0.5, 0.6) is 0 Å². The number of unbranched alkanes of at least 4 members (excludes halogenated alkanes) is 17. The molecule has 0 fully saturated rings. The van der Waals surface area contributed by atoms with Gasteiger partial charge in [0.25, 0.3) is 0 Å². The quantitative estimate of drug-likeness (QED) is 0.0312. The molecule has 508 valence electrons. The van der Waals surface area contributed by atoms with Gasteiger partial charge in [0, 0.05) is 26.7 Å². The highest BCUT2D eigenvalue weighted by atomic mass is 16.6. The van der Waals surface area contributed by atoms with Crippen molar-refractivity contribution in [2.75, 3.05) is 53.9 Å². The van der Waals surface area contributed by atoms with E-state index >= 15 is 0 Å². The van der Waals surface area contributed by atoms with E-state index < -0.39 is 0 Å². The van der Waals surface area contributed by atoms with E-state index in [-0.39, 0.29) is 35.2 Å². The van der Waals surface area contributed by atoms with Crippen molar-refractivity contribution < 1.29 is 24.1 Å². The lowest BCUT2D eigenvalue weighted by atomic mass is 10.1. The average molecular weight is 1150 g/mol. The zero-order valence-electron chi connectivity index (χ0n) is 60.7. The standard InChI is InChI=1S/C22H44O3.C7H16.C6H14.C5H12.C3H9N.4C3H8.C3H6.C2H6O2.5C2H6.3CH4/c1-5-8-11-12-13-14-15-17-23-19-22(24-18-10-7-3)20-25-21(4)16-9-6-2;1-3-5-7-6-4-2;1-3-5-6-4-2;1-3-5-4-2;1-3-4-2;5*1-3-2;1-4-2-3;5*1-2;;;/h22H,4-20H2,1-3H3;3-7H2,1-2H3;3-6H2,1-2H3;3-5H2,1-2H3;4H,3H2,1-2H3;4*3H2,1-2H3;3H,1H2,2H3;3H,2H2,1H3;5*1-2H3;3*1H4. The minimum Gasteiger partial charge on any atom is -0.496 e. The molecule has 0 aliphatic rings. The minimum absolute atomic E-state index is 0. The zero-order chi connectivity index (χ0) is 63.4. The van der Waals surface area contributed by atoms with Gasteiger partial charge in [-0.15, -0.1) is 6.58 Å². The number of hydrogen-bond acceptors (Lipinski definition) is 6. The second-order valence-corrected chi connectivity index (χ2v) is 16.5. The normalized spacial score (nSPS) is 8.15. The second-order valence-electron chi connectivity index (χ2n) is 16.5. The Morgan fingerprint density at radius 3 is 0.911 bits per heavy atom. The topological polar surface area (TPSA) is 69.2 Å². The number of aliphatic hydroxyl groups is 1. The number of methoxy groups -OCH3 is 1. The predicted molar refractivity (Wildman–Crippen MR) is 388 cm³/mol. The molecule has 0 aliphatic heterocycles. The molecule has 1 unspecified atom stereocenters. The Morgan fingerprint density at radius 2 is 0.671 bits per heavy atom. The summed E-state index contributed by atoms with van der Waals surface area (Å²) in [6.45, 7) is 72.0. The van der Waals surface area contributed by atoms with Crippen LogP contribution in [0, 0.1) is 0 Å². The van der Waals surface area contributed by atoms with E-state index in [9.17, 15) is 0 Å². The molecule has 2 N–H and O–H groups in total. The fraction of sp³-hybridized carbons (Fsp3) is 0.945. The molecule has 0 aromatic heterocycles. The predicted octanol–water partition coefficient (Wildman–Crippen LogP) is 28.1. The highest BCUT2D eigenvalue weighted by Gasteiger charge is 2.11. The fourth-order valence-electron chi connectivity index (χ4n) is 4.10. The van der Waals surface area contributed by atoms with E-state index in [4.69, 9.17) is 19.3 Å². The molecule has 0 aliphatic carbocycles. The molecular weight excluding hydrogens is 971 g/mol. The van der Waals surface area contributed by atoms with Crippen LogP contribution in [0.2, 0.25) is 0 Å². The van der Waals surface area contributed by atoms with Crippen molar-refractivity contribution in [2.24, 2.45) is 0 Å². The van der Waals surface area contributed by atoms with Gasteiger partial charge in [-0.05, 0) is 39.8 Å². The lowest BCUT2D eigenvalue weighted by molar-refractivity contribution is -0.0504. The molecule has 1 atom stereocenters. The van der Waals surface area contributed by atoms with Crippen molar-refractivity contribution in [1.82, 2.24) is 5.32 Å². The number of nitrogens with one attached hydrogen (secondary N) is 1. The van der Waals surface area contributed by atoms with Gasteiger partial charge in [-0.1, -0.05) is 383 Å². The summed E-state index contributed by atoms with van der Waals surface area (Å²) in [5, 5.41) is 10.6. The summed E-state index contributed by atoms with van der Waals surface area (Å²) in [6, 6.07) is 0. The van der Waals surface area contributed by atoms with Gasteiger partial charge in [-0.25, -0.2) is 0 Å². The molecule has 79 heavy (non-hydrogen) atoms. The largest absolute Gasteiger partial charge is 0.496 e. The molecule has 0 saturated carbocycles. The Hall–Kier alpha value is -0.920. The van der Waals surface area contributed by atoms with Crippen molar-refractivity contribution in [3.05, 3.63) is 25.0 Å². The first-order valence-electron chi connectivity index (χ1n) is 33.7. The van der Waals surface area contributed by atoms with E-state index in [1.165, 1.54) is 155 Å². The molecule has 0 aromatic carbocycles. The van der Waals surface area contributed by atoms with Crippen LogP contribution >= 0.6 is 0 Å². The lowest BCUT2D eigenvalue weighted by Crippen LogP contribution is -2.26. The monoisotopic (exact) mass is 1150 g/mol. The number of ether oxygens (including phenoxy) is 4. The zero-order valence-corrected chi connectivity index (χ0v) is 60.7. The van der Waals surface area contributed by atoms with E-state index in [2.05, 4.69) is 148 Å². The van der Waals surface area contributed by atoms with Crippen LogP contribution in [-0.2, 0) is 18.9 Å². The maximum absolute atomic E-state index is 7.65. The highest BCUT2D eigenvalue weighted by molar-refractivity contribution is 4.82. The highest BCUT2D eigenvalue weighted by Crippen LogP contribution is 2.10. The van der Waals surface area contributed by atoms with E-state index in [1.54, 1.807) is 6.08 Å². The lowest BCUT2D eigenvalue weighted by Gasteiger charge is -2.19. The van der Waals surface area contributed by atoms with E-state index in [0.717, 1.165) is 57.6 Å². The summed E-state index contributed by atoms with van der Waals surface area (Å²) < 4.78 is 21.6. The third-order valence-electron chi connectivity index (χ3n) is 7.68. The van der Waals surface area contributed by atoms with Gasteiger partial charge in [0.1, 0.15) is 19.5 Å². The average Bonchev–Trinajstić information content (AvgIpc) is 3.45. The maximum Gasteiger partial charge on any atom is 0.143 e. The molecular formula is C73H181NO5. The van der Waals surface area contributed by atoms with Crippen molar-refractivity contribution >= 4 is 0 Å². The third kappa shape index (κ3) is 353. The van der Waals surface area contributed by atoms with Gasteiger partial charge in [0.05, 0.1) is 12.4 Å². The van der Waals surface area contributed by atoms with Gasteiger partial charge in [0.15, 0.2) is 0 Å². The van der Waals surface area contributed by atoms with Gasteiger partial charge >= 0.3 is 0 Å². The van der Waals surface area contributed by atoms with Crippen LogP contribution in [0.1, 0.15) is 403 Å². The minimum atomic E-state index is -0.181. The number of aliphatic hydroxyl groups excluding tert-OH is 1. The second kappa shape index (κ2) is 220. The van der Waals surface area contributed by atoms with Crippen LogP contribution in [0.3, 0.4) is 0 Å². The molecule has 0 spiro atoms. The Labute approximate surface area is 515 Å². The van der Waals surface area contributed by atoms with Gasteiger partial charge in [-0.3, -0.25) is 0 Å². The first kappa shape index (κ1) is 133. The van der Waals surface area contributed by atoms with Gasteiger partial charge in [-0.2, -0.15) is 0 Å². The Morgan fingerprint density at radius 1 is 0.430 bits per heavy atom. The summed E-state index contributed by atoms with van der Waals surface area (Å²) >= 11 is 0. The number of hydrogen-bond donors (Lipinski definition) is 2. The molecule has 6 nitrogen and oxygen atoms in total. The van der Waals surface area contributed by atoms with Crippen LogP contribution in [0.25, 0.3) is 0 Å². The van der Waals surface area contributed by atoms with E-state index in [0.29, 0.717) is 13.2 Å². The van der Waals surface area contributed by atoms with Crippen molar-refractivity contribution in [3.63, 3.8) is 0 Å². The smallest absolute Gasteiger partial charge is 0.143 e. The van der Waals surface area contributed by atoms with Crippen molar-refractivity contribution in [1.29, 1.82) is 0 Å². The first-order chi connectivity index (χ1) is 36.9. The maximum atomic E-state index is 7.65. The molecule has 0 heterocycles. The van der Waals surface area contributed by atoms with Crippen molar-refractivity contribution in [2.45, 2.75) is 409 Å². The SMILES string of the molecule is C.C.C.C=C(CCCC)OCC(COCCCCCCCCC)OCCCC.C=CC.CC.CC.CC.CC.CC.CCC.CCC.CCC.CCC.CCCCC.CCCCCC.CCCCCCC.CCNC.COCO. The molecule has 0 amide bonds. The molecule has 0 saturated heterocycles. The van der Waals surface area contributed by atoms with Crippen LogP contribution in [-0.4, -0.2) is 65.1 Å².